The average Bonchev–Trinajstić information content (AvgIpc) is 3.11. The summed E-state index contributed by atoms with van der Waals surface area (Å²) in [7, 11) is 0. The van der Waals surface area contributed by atoms with E-state index in [1.807, 2.05) is 12.1 Å². The number of nitrogens with one attached hydrogen (secondary N) is 3. The van der Waals surface area contributed by atoms with E-state index in [2.05, 4.69) is 16.2 Å². The Balaban J connectivity index is 1.67. The predicted octanol–water partition coefficient (Wildman–Crippen LogP) is 3.03. The molecule has 0 fully saturated rings. The van der Waals surface area contributed by atoms with Gasteiger partial charge in [-0.1, -0.05) is 41.4 Å². The molecule has 3 rings (SSSR count). The molecule has 0 saturated carbocycles. The van der Waals surface area contributed by atoms with Crippen molar-refractivity contribution in [1.29, 1.82) is 0 Å². The van der Waals surface area contributed by atoms with Crippen molar-refractivity contribution in [3.8, 4) is 0 Å². The Morgan fingerprint density at radius 2 is 1.62 bits per heavy atom. The first-order chi connectivity index (χ1) is 15.3. The molecular formula is C21H18Cl2N4O4S. The van der Waals surface area contributed by atoms with Gasteiger partial charge in [0.1, 0.15) is 10.9 Å². The summed E-state index contributed by atoms with van der Waals surface area (Å²) in [4.78, 5) is 49.0. The summed E-state index contributed by atoms with van der Waals surface area (Å²) in [5, 5.41) is 3.98. The number of nitrogens with two attached hydrogens (primary N) is 1. The van der Waals surface area contributed by atoms with Crippen molar-refractivity contribution in [2.45, 2.75) is 18.9 Å². The summed E-state index contributed by atoms with van der Waals surface area (Å²) in [6.07, 6.45) is -0.199. The van der Waals surface area contributed by atoms with Crippen LogP contribution >= 0.6 is 34.5 Å². The molecule has 166 valence electrons. The lowest BCUT2D eigenvalue weighted by molar-refractivity contribution is -0.124. The van der Waals surface area contributed by atoms with E-state index in [0.29, 0.717) is 5.02 Å². The number of hydrogen-bond acceptors (Lipinski definition) is 5. The first-order valence-electron chi connectivity index (χ1n) is 9.38. The molecule has 0 saturated heterocycles. The second-order valence-electron chi connectivity index (χ2n) is 6.72. The van der Waals surface area contributed by atoms with Gasteiger partial charge in [0.05, 0.1) is 5.02 Å². The molecule has 8 nitrogen and oxygen atoms in total. The number of amides is 4. The number of hydrogen-bond donors (Lipinski definition) is 4. The van der Waals surface area contributed by atoms with Crippen LogP contribution in [0.3, 0.4) is 0 Å². The van der Waals surface area contributed by atoms with E-state index in [1.54, 1.807) is 12.1 Å². The summed E-state index contributed by atoms with van der Waals surface area (Å²) in [5.74, 6) is -2.52. The van der Waals surface area contributed by atoms with Crippen LogP contribution in [0.4, 0.5) is 0 Å². The minimum atomic E-state index is -1.12. The number of rotatable bonds is 7. The van der Waals surface area contributed by atoms with Crippen LogP contribution in [0.5, 0.6) is 0 Å². The average molecular weight is 493 g/mol. The topological polar surface area (TPSA) is 130 Å². The highest BCUT2D eigenvalue weighted by Crippen LogP contribution is 2.34. The summed E-state index contributed by atoms with van der Waals surface area (Å²) in [6, 6.07) is 12.2. The van der Waals surface area contributed by atoms with E-state index in [0.717, 1.165) is 10.1 Å². The molecule has 0 aliphatic heterocycles. The first kappa shape index (κ1) is 23.5. The fourth-order valence-corrected chi connectivity index (χ4v) is 4.36. The van der Waals surface area contributed by atoms with Crippen LogP contribution in [-0.2, 0) is 9.59 Å². The third kappa shape index (κ3) is 5.76. The maximum atomic E-state index is 12.6. The highest BCUT2D eigenvalue weighted by atomic mass is 35.5. The lowest BCUT2D eigenvalue weighted by Gasteiger charge is -2.18. The van der Waals surface area contributed by atoms with E-state index in [4.69, 9.17) is 28.9 Å². The number of fused-ring (bicyclic) bond motifs is 1. The van der Waals surface area contributed by atoms with Gasteiger partial charge in [-0.05, 0) is 36.8 Å². The molecule has 1 unspecified atom stereocenters. The molecule has 0 radical (unpaired) electrons. The first-order valence-corrected chi connectivity index (χ1v) is 11.0. The van der Waals surface area contributed by atoms with Crippen LogP contribution in [-0.4, -0.2) is 29.7 Å². The third-order valence-electron chi connectivity index (χ3n) is 4.45. The number of carbonyl (C=O) groups excluding carboxylic acids is 4. The standard InChI is InChI=1S/C21H18Cl2N4O4S/c22-12-7-5-11(6-8-12)19(29)25-14(9-10-16(24)28)20(30)26-27-21(31)18-17(23)13-3-1-2-4-15(13)32-18/h1-8,14H,9-10H2,(H2,24,28)(H,25,29)(H,26,30)(H,27,31). The van der Waals surface area contributed by atoms with Crippen LogP contribution in [0.15, 0.2) is 48.5 Å². The van der Waals surface area contributed by atoms with E-state index in [-0.39, 0.29) is 28.3 Å². The van der Waals surface area contributed by atoms with Gasteiger partial charge in [0.15, 0.2) is 0 Å². The van der Waals surface area contributed by atoms with Crippen LogP contribution < -0.4 is 21.9 Å². The molecule has 3 aromatic rings. The number of hydrazine groups is 1. The SMILES string of the molecule is NC(=O)CCC(NC(=O)c1ccc(Cl)cc1)C(=O)NNC(=O)c1sc2ccccc2c1Cl. The Morgan fingerprint density at radius 1 is 0.938 bits per heavy atom. The quantitative estimate of drug-likeness (QED) is 0.377. The van der Waals surface area contributed by atoms with Gasteiger partial charge in [-0.3, -0.25) is 30.0 Å². The summed E-state index contributed by atoms with van der Waals surface area (Å²) in [6.45, 7) is 0. The van der Waals surface area contributed by atoms with Crippen molar-refractivity contribution >= 4 is 68.3 Å². The molecule has 1 heterocycles. The Labute approximate surface area is 197 Å². The predicted molar refractivity (Wildman–Crippen MR) is 124 cm³/mol. The molecule has 4 amide bonds. The maximum Gasteiger partial charge on any atom is 0.281 e. The zero-order valence-corrected chi connectivity index (χ0v) is 18.8. The molecule has 32 heavy (non-hydrogen) atoms. The zero-order chi connectivity index (χ0) is 23.3. The largest absolute Gasteiger partial charge is 0.370 e. The van der Waals surface area contributed by atoms with Crippen molar-refractivity contribution in [3.63, 3.8) is 0 Å². The number of carbonyl (C=O) groups is 4. The van der Waals surface area contributed by atoms with Gasteiger partial charge in [-0.25, -0.2) is 0 Å². The second-order valence-corrected chi connectivity index (χ2v) is 8.59. The molecule has 0 aliphatic carbocycles. The van der Waals surface area contributed by atoms with Gasteiger partial charge in [0, 0.05) is 27.1 Å². The zero-order valence-electron chi connectivity index (χ0n) is 16.5. The molecule has 0 spiro atoms. The summed E-state index contributed by atoms with van der Waals surface area (Å²) in [5.41, 5.74) is 10.00. The molecule has 2 aromatic carbocycles. The van der Waals surface area contributed by atoms with Gasteiger partial charge in [0.2, 0.25) is 5.91 Å². The number of halogens is 2. The fourth-order valence-electron chi connectivity index (χ4n) is 2.82. The molecule has 5 N–H and O–H groups in total. The smallest absolute Gasteiger partial charge is 0.281 e. The molecule has 1 aromatic heterocycles. The van der Waals surface area contributed by atoms with Gasteiger partial charge >= 0.3 is 0 Å². The molecule has 1 atom stereocenters. The van der Waals surface area contributed by atoms with Gasteiger partial charge < -0.3 is 11.1 Å². The molecule has 11 heteroatoms. The normalized spacial score (nSPS) is 11.6. The Morgan fingerprint density at radius 3 is 2.28 bits per heavy atom. The van der Waals surface area contributed by atoms with Gasteiger partial charge in [0.25, 0.3) is 17.7 Å². The summed E-state index contributed by atoms with van der Waals surface area (Å²) < 4.78 is 0.823. The van der Waals surface area contributed by atoms with Crippen LogP contribution in [0.2, 0.25) is 10.0 Å². The Kier molecular flexibility index (Phi) is 7.68. The van der Waals surface area contributed by atoms with Gasteiger partial charge in [-0.2, -0.15) is 0 Å². The number of benzene rings is 2. The van der Waals surface area contributed by atoms with E-state index in [1.165, 1.54) is 35.6 Å². The Hall–Kier alpha value is -3.14. The fraction of sp³-hybridized carbons (Fsp3) is 0.143. The second kappa shape index (κ2) is 10.4. The van der Waals surface area contributed by atoms with Crippen molar-refractivity contribution < 1.29 is 19.2 Å². The monoisotopic (exact) mass is 492 g/mol. The highest BCUT2D eigenvalue weighted by Gasteiger charge is 2.24. The lowest BCUT2D eigenvalue weighted by atomic mass is 10.1. The van der Waals surface area contributed by atoms with E-state index >= 15 is 0 Å². The maximum absolute atomic E-state index is 12.6. The molecule has 0 aliphatic rings. The minimum Gasteiger partial charge on any atom is -0.370 e. The van der Waals surface area contributed by atoms with Crippen LogP contribution in [0.1, 0.15) is 32.9 Å². The minimum absolute atomic E-state index is 0.0555. The van der Waals surface area contributed by atoms with Crippen LogP contribution in [0, 0.1) is 0 Å². The third-order valence-corrected chi connectivity index (χ3v) is 6.37. The van der Waals surface area contributed by atoms with Crippen molar-refractivity contribution in [3.05, 3.63) is 69.0 Å². The highest BCUT2D eigenvalue weighted by molar-refractivity contribution is 7.21. The van der Waals surface area contributed by atoms with Crippen LogP contribution in [0.25, 0.3) is 10.1 Å². The Bertz CT molecular complexity index is 1180. The van der Waals surface area contributed by atoms with E-state index < -0.39 is 29.7 Å². The van der Waals surface area contributed by atoms with Crippen molar-refractivity contribution in [2.24, 2.45) is 5.73 Å². The summed E-state index contributed by atoms with van der Waals surface area (Å²) >= 11 is 13.3. The van der Waals surface area contributed by atoms with Crippen molar-refractivity contribution in [2.75, 3.05) is 0 Å². The van der Waals surface area contributed by atoms with Gasteiger partial charge in [-0.15, -0.1) is 11.3 Å². The van der Waals surface area contributed by atoms with Crippen molar-refractivity contribution in [1.82, 2.24) is 16.2 Å². The van der Waals surface area contributed by atoms with E-state index in [9.17, 15) is 19.2 Å². The lowest BCUT2D eigenvalue weighted by Crippen LogP contribution is -2.52. The molecule has 0 bridgehead atoms. The molecular weight excluding hydrogens is 475 g/mol. The number of primary amides is 1. The number of thiophene rings is 1.